The standard InChI is InChI=1S/C45H51F4N9O7S/c1-44(2,62)27-56-25-30(22-51-56)40-35(45(47,48)49)23-50-43(54-40)52-37-9-8-32(21-36(37)46)66(63,64)57-18-12-28(13-19-57)24-55-16-14-31(15-17-55)65-20-4-6-29-5-3-7-33-34(29)26-58(42(33)61)38-10-11-39(59)53-41(38)60/h3-9,21-23,25,28,31,38,62H,10-20,24,26-27H2,1-2H3,(H,50,52,54)(H,53,59,60)/b6-4+. The fourth-order valence-electron chi connectivity index (χ4n) is 8.95. The smallest absolute Gasteiger partial charge is 0.389 e. The third-order valence-electron chi connectivity index (χ3n) is 12.3. The Balaban J connectivity index is 0.791. The van der Waals surface area contributed by atoms with Gasteiger partial charge in [-0.2, -0.15) is 22.6 Å². The number of rotatable bonds is 14. The van der Waals surface area contributed by atoms with E-state index in [4.69, 9.17) is 4.74 Å². The van der Waals surface area contributed by atoms with Crippen LogP contribution in [0.1, 0.15) is 79.4 Å². The van der Waals surface area contributed by atoms with Crippen LogP contribution in [-0.4, -0.2) is 122 Å². The van der Waals surface area contributed by atoms with Crippen LogP contribution in [0.15, 0.2) is 66.0 Å². The van der Waals surface area contributed by atoms with Crippen molar-refractivity contribution in [3.05, 3.63) is 89.1 Å². The zero-order valence-corrected chi connectivity index (χ0v) is 37.2. The quantitative estimate of drug-likeness (QED) is 0.108. The number of fused-ring (bicyclic) bond motifs is 1. The largest absolute Gasteiger partial charge is 0.419 e. The number of halogens is 4. The monoisotopic (exact) mass is 937 g/mol. The molecule has 0 aliphatic carbocycles. The summed E-state index contributed by atoms with van der Waals surface area (Å²) in [5.74, 6) is -2.04. The Morgan fingerprint density at radius 1 is 1.00 bits per heavy atom. The van der Waals surface area contributed by atoms with Crippen LogP contribution in [0.5, 0.6) is 0 Å². The van der Waals surface area contributed by atoms with Crippen LogP contribution in [-0.2, 0) is 43.6 Å². The summed E-state index contributed by atoms with van der Waals surface area (Å²) in [5.41, 5.74) is -0.810. The summed E-state index contributed by atoms with van der Waals surface area (Å²) in [6.45, 7) is 6.77. The number of aromatic nitrogens is 4. The predicted octanol–water partition coefficient (Wildman–Crippen LogP) is 5.37. The molecule has 3 N–H and O–H groups in total. The van der Waals surface area contributed by atoms with E-state index in [0.29, 0.717) is 44.2 Å². The summed E-state index contributed by atoms with van der Waals surface area (Å²) >= 11 is 0. The van der Waals surface area contributed by atoms with Gasteiger partial charge in [0.1, 0.15) is 17.4 Å². The summed E-state index contributed by atoms with van der Waals surface area (Å²) in [5, 5.41) is 19.0. The minimum absolute atomic E-state index is 0.00292. The van der Waals surface area contributed by atoms with Gasteiger partial charge in [0.15, 0.2) is 0 Å². The maximum absolute atomic E-state index is 15.5. The third kappa shape index (κ3) is 10.6. The van der Waals surface area contributed by atoms with Gasteiger partial charge in [-0.1, -0.05) is 24.3 Å². The highest BCUT2D eigenvalue weighted by Crippen LogP contribution is 2.37. The average molecular weight is 938 g/mol. The lowest BCUT2D eigenvalue weighted by Crippen LogP contribution is -2.52. The average Bonchev–Trinajstić information content (AvgIpc) is 3.86. The first-order valence-electron chi connectivity index (χ1n) is 21.9. The van der Waals surface area contributed by atoms with Crippen molar-refractivity contribution in [2.24, 2.45) is 5.92 Å². The number of nitrogens with one attached hydrogen (secondary N) is 2. The number of ether oxygens (including phenoxy) is 1. The van der Waals surface area contributed by atoms with E-state index in [0.717, 1.165) is 49.7 Å². The second kappa shape index (κ2) is 18.9. The Bertz CT molecular complexity index is 2620. The molecule has 2 aromatic carbocycles. The lowest BCUT2D eigenvalue weighted by molar-refractivity contribution is -0.138. The Morgan fingerprint density at radius 3 is 2.45 bits per heavy atom. The molecule has 3 amide bonds. The number of likely N-dealkylation sites (tertiary alicyclic amines) is 1. The van der Waals surface area contributed by atoms with E-state index >= 15 is 4.39 Å². The number of carbonyl (C=O) groups is 3. The van der Waals surface area contributed by atoms with Gasteiger partial charge in [-0.05, 0) is 87.3 Å². The van der Waals surface area contributed by atoms with Gasteiger partial charge in [0.05, 0.1) is 47.3 Å². The number of aliphatic hydroxyl groups is 1. The van der Waals surface area contributed by atoms with E-state index in [1.807, 2.05) is 24.3 Å². The van der Waals surface area contributed by atoms with Gasteiger partial charge in [0.25, 0.3) is 5.91 Å². The van der Waals surface area contributed by atoms with Crippen molar-refractivity contribution in [2.45, 2.75) is 94.3 Å². The van der Waals surface area contributed by atoms with Crippen molar-refractivity contribution >= 4 is 45.5 Å². The van der Waals surface area contributed by atoms with Gasteiger partial charge in [-0.25, -0.2) is 22.8 Å². The zero-order chi connectivity index (χ0) is 47.0. The fourth-order valence-corrected chi connectivity index (χ4v) is 10.4. The second-order valence-corrected chi connectivity index (χ2v) is 19.8. The number of amides is 3. The van der Waals surface area contributed by atoms with Crippen LogP contribution in [0, 0.1) is 11.7 Å². The molecule has 8 rings (SSSR count). The van der Waals surface area contributed by atoms with E-state index in [1.54, 1.807) is 6.07 Å². The molecule has 3 saturated heterocycles. The van der Waals surface area contributed by atoms with Crippen molar-refractivity contribution in [1.82, 2.24) is 39.2 Å². The summed E-state index contributed by atoms with van der Waals surface area (Å²) in [7, 11) is -4.05. The number of hydrogen-bond acceptors (Lipinski definition) is 12. The fraction of sp³-hybridized carbons (Fsp3) is 0.467. The number of nitrogens with zero attached hydrogens (tertiary/aromatic N) is 7. The van der Waals surface area contributed by atoms with Crippen molar-refractivity contribution < 1.29 is 50.2 Å². The minimum Gasteiger partial charge on any atom is -0.389 e. The molecular weight excluding hydrogens is 887 g/mol. The molecule has 0 spiro atoms. The molecule has 1 unspecified atom stereocenters. The maximum atomic E-state index is 15.5. The summed E-state index contributed by atoms with van der Waals surface area (Å²) in [4.78, 5) is 48.6. The zero-order valence-electron chi connectivity index (χ0n) is 36.4. The lowest BCUT2D eigenvalue weighted by Gasteiger charge is -2.37. The van der Waals surface area contributed by atoms with Gasteiger partial charge in [0, 0.05) is 69.2 Å². The van der Waals surface area contributed by atoms with Crippen LogP contribution < -0.4 is 10.6 Å². The number of anilines is 2. The van der Waals surface area contributed by atoms with E-state index in [9.17, 15) is 41.1 Å². The number of imide groups is 1. The molecule has 0 bridgehead atoms. The van der Waals surface area contributed by atoms with E-state index in [2.05, 4.69) is 30.6 Å². The van der Waals surface area contributed by atoms with Crippen LogP contribution >= 0.6 is 0 Å². The molecule has 4 aliphatic rings. The molecule has 1 atom stereocenters. The Hall–Kier alpha value is -5.61. The Kier molecular flexibility index (Phi) is 13.5. The van der Waals surface area contributed by atoms with Gasteiger partial charge in [0.2, 0.25) is 27.8 Å². The van der Waals surface area contributed by atoms with Gasteiger partial charge >= 0.3 is 6.18 Å². The number of benzene rings is 2. The Morgan fingerprint density at radius 2 is 1.76 bits per heavy atom. The first-order chi connectivity index (χ1) is 31.3. The Labute approximate surface area is 379 Å². The summed E-state index contributed by atoms with van der Waals surface area (Å²) in [6.07, 6.45) is 5.61. The normalized spacial score (nSPS) is 19.8. The summed E-state index contributed by atoms with van der Waals surface area (Å²) in [6, 6.07) is 8.10. The van der Waals surface area contributed by atoms with Crippen molar-refractivity contribution in [2.75, 3.05) is 44.6 Å². The summed E-state index contributed by atoms with van der Waals surface area (Å²) < 4.78 is 93.3. The number of carbonyl (C=O) groups excluding carboxylic acids is 3. The SMILES string of the molecule is CC(C)(O)Cn1cc(-c2nc(Nc3ccc(S(=O)(=O)N4CCC(CN5CCC(OC/C=C/c6cccc7c6CN(C6CCC(=O)NC6=O)C7=O)CC5)CC4)cc3F)ncc2C(F)(F)F)cn1. The van der Waals surface area contributed by atoms with E-state index in [-0.39, 0.29) is 72.0 Å². The van der Waals surface area contributed by atoms with Gasteiger partial charge in [-0.15, -0.1) is 0 Å². The third-order valence-corrected chi connectivity index (χ3v) is 14.2. The highest BCUT2D eigenvalue weighted by Gasteiger charge is 2.40. The molecular formula is C45H51F4N9O7S. The van der Waals surface area contributed by atoms with Crippen LogP contribution in [0.3, 0.4) is 0 Å². The van der Waals surface area contributed by atoms with Crippen LogP contribution in [0.25, 0.3) is 17.3 Å². The number of alkyl halides is 3. The van der Waals surface area contributed by atoms with Crippen LogP contribution in [0.2, 0.25) is 0 Å². The highest BCUT2D eigenvalue weighted by atomic mass is 32.2. The van der Waals surface area contributed by atoms with Gasteiger partial charge < -0.3 is 25.0 Å². The van der Waals surface area contributed by atoms with E-state index in [1.165, 1.54) is 52.3 Å². The first-order valence-corrected chi connectivity index (χ1v) is 23.3. The molecule has 21 heteroatoms. The van der Waals surface area contributed by atoms with Gasteiger partial charge in [-0.3, -0.25) is 24.4 Å². The maximum Gasteiger partial charge on any atom is 0.419 e. The van der Waals surface area contributed by atoms with E-state index < -0.39 is 50.8 Å². The predicted molar refractivity (Wildman–Crippen MR) is 233 cm³/mol. The van der Waals surface area contributed by atoms with Crippen molar-refractivity contribution in [1.29, 1.82) is 0 Å². The molecule has 0 saturated carbocycles. The first kappa shape index (κ1) is 46.9. The number of piperidine rings is 3. The second-order valence-electron chi connectivity index (χ2n) is 17.8. The highest BCUT2D eigenvalue weighted by molar-refractivity contribution is 7.89. The molecule has 2 aromatic heterocycles. The molecule has 66 heavy (non-hydrogen) atoms. The molecule has 16 nitrogen and oxygen atoms in total. The molecule has 4 aliphatic heterocycles. The van der Waals surface area contributed by atoms with Crippen molar-refractivity contribution in [3.63, 3.8) is 0 Å². The molecule has 6 heterocycles. The number of sulfonamides is 1. The molecule has 352 valence electrons. The van der Waals surface area contributed by atoms with Crippen LogP contribution in [0.4, 0.5) is 29.2 Å². The molecule has 4 aromatic rings. The molecule has 3 fully saturated rings. The van der Waals surface area contributed by atoms with Crippen molar-refractivity contribution in [3.8, 4) is 11.3 Å². The topological polar surface area (TPSA) is 192 Å². The minimum atomic E-state index is -4.82. The lowest BCUT2D eigenvalue weighted by atomic mass is 9.96. The molecule has 0 radical (unpaired) electrons. The number of hydrogen-bond donors (Lipinski definition) is 3.